The minimum atomic E-state index is -0.137. The van der Waals surface area contributed by atoms with Crippen LogP contribution in [0.3, 0.4) is 0 Å². The Morgan fingerprint density at radius 2 is 2.10 bits per heavy atom. The normalized spacial score (nSPS) is 12.0. The Morgan fingerprint density at radius 3 is 2.62 bits per heavy atom. The lowest BCUT2D eigenvalue weighted by atomic mass is 10.2. The van der Waals surface area contributed by atoms with Crippen molar-refractivity contribution in [2.24, 2.45) is 0 Å². The number of rotatable bonds is 4. The highest BCUT2D eigenvalue weighted by atomic mass is 35.5. The zero-order valence-electron chi connectivity index (χ0n) is 12.5. The Morgan fingerprint density at radius 1 is 1.38 bits per heavy atom. The van der Waals surface area contributed by atoms with Crippen molar-refractivity contribution in [2.75, 3.05) is 10.6 Å². The molecule has 4 nitrogen and oxygen atoms in total. The smallest absolute Gasteiger partial charge is 0.221 e. The van der Waals surface area contributed by atoms with E-state index in [1.54, 1.807) is 17.4 Å². The van der Waals surface area contributed by atoms with Crippen molar-refractivity contribution in [3.05, 3.63) is 38.8 Å². The van der Waals surface area contributed by atoms with Crippen LogP contribution in [0.1, 0.15) is 35.5 Å². The molecule has 1 heterocycles. The molecule has 0 fully saturated rings. The van der Waals surface area contributed by atoms with E-state index in [2.05, 4.69) is 22.5 Å². The van der Waals surface area contributed by atoms with Gasteiger partial charge in [0.1, 0.15) is 0 Å². The standard InChI is InChI=1S/C15H18ClN3OS/c1-8-15(21-11(4)17-8)9(2)18-12-5-6-14(13(16)7-12)19-10(3)20/h5-7,9,18H,1-4H3,(H,19,20). The highest BCUT2D eigenvalue weighted by molar-refractivity contribution is 7.11. The molecular formula is C15H18ClN3OS. The van der Waals surface area contributed by atoms with Crippen LogP contribution in [0.15, 0.2) is 18.2 Å². The molecule has 1 aromatic carbocycles. The molecule has 1 aromatic heterocycles. The van der Waals surface area contributed by atoms with Crippen LogP contribution in [-0.4, -0.2) is 10.9 Å². The predicted molar refractivity (Wildman–Crippen MR) is 89.4 cm³/mol. The summed E-state index contributed by atoms with van der Waals surface area (Å²) in [6.07, 6.45) is 0. The number of hydrogen-bond donors (Lipinski definition) is 2. The van der Waals surface area contributed by atoms with Gasteiger partial charge in [0.25, 0.3) is 0 Å². The van der Waals surface area contributed by atoms with E-state index in [1.807, 2.05) is 26.0 Å². The van der Waals surface area contributed by atoms with Crippen LogP contribution in [0, 0.1) is 13.8 Å². The van der Waals surface area contributed by atoms with Crippen LogP contribution < -0.4 is 10.6 Å². The van der Waals surface area contributed by atoms with Crippen molar-refractivity contribution in [3.63, 3.8) is 0 Å². The number of carbonyl (C=O) groups is 1. The number of anilines is 2. The average Bonchev–Trinajstić information content (AvgIpc) is 2.71. The number of nitrogens with one attached hydrogen (secondary N) is 2. The van der Waals surface area contributed by atoms with Crippen LogP contribution in [0.25, 0.3) is 0 Å². The van der Waals surface area contributed by atoms with Gasteiger partial charge in [0.2, 0.25) is 5.91 Å². The summed E-state index contributed by atoms with van der Waals surface area (Å²) in [5.74, 6) is -0.137. The SMILES string of the molecule is CC(=O)Nc1ccc(NC(C)c2sc(C)nc2C)cc1Cl. The van der Waals surface area contributed by atoms with E-state index in [-0.39, 0.29) is 11.9 Å². The van der Waals surface area contributed by atoms with E-state index in [1.165, 1.54) is 11.8 Å². The van der Waals surface area contributed by atoms with Crippen molar-refractivity contribution in [3.8, 4) is 0 Å². The summed E-state index contributed by atoms with van der Waals surface area (Å²) in [6.45, 7) is 7.58. The van der Waals surface area contributed by atoms with E-state index in [4.69, 9.17) is 11.6 Å². The molecule has 0 saturated carbocycles. The molecule has 0 bridgehead atoms. The second kappa shape index (κ2) is 6.45. The second-order valence-electron chi connectivity index (χ2n) is 4.92. The zero-order chi connectivity index (χ0) is 15.6. The van der Waals surface area contributed by atoms with Gasteiger partial charge in [-0.05, 0) is 39.0 Å². The van der Waals surface area contributed by atoms with Crippen LogP contribution in [0.4, 0.5) is 11.4 Å². The van der Waals surface area contributed by atoms with Gasteiger partial charge in [0, 0.05) is 17.5 Å². The maximum absolute atomic E-state index is 11.1. The minimum absolute atomic E-state index is 0.137. The van der Waals surface area contributed by atoms with Crippen molar-refractivity contribution >= 4 is 40.2 Å². The number of thiazole rings is 1. The Bertz CT molecular complexity index is 669. The zero-order valence-corrected chi connectivity index (χ0v) is 14.0. The summed E-state index contributed by atoms with van der Waals surface area (Å²) in [7, 11) is 0. The molecule has 6 heteroatoms. The number of carbonyl (C=O) groups excluding carboxylic acids is 1. The van der Waals surface area contributed by atoms with Gasteiger partial charge in [0.05, 0.1) is 27.5 Å². The van der Waals surface area contributed by atoms with Crippen molar-refractivity contribution in [1.29, 1.82) is 0 Å². The average molecular weight is 324 g/mol. The third-order valence-electron chi connectivity index (χ3n) is 3.00. The number of aromatic nitrogens is 1. The van der Waals surface area contributed by atoms with Crippen LogP contribution in [0.5, 0.6) is 0 Å². The Labute approximate surface area is 133 Å². The van der Waals surface area contributed by atoms with E-state index >= 15 is 0 Å². The summed E-state index contributed by atoms with van der Waals surface area (Å²) in [4.78, 5) is 16.7. The summed E-state index contributed by atoms with van der Waals surface area (Å²) in [6, 6.07) is 5.66. The Hall–Kier alpha value is -1.59. The van der Waals surface area contributed by atoms with Crippen molar-refractivity contribution in [2.45, 2.75) is 33.7 Å². The van der Waals surface area contributed by atoms with Gasteiger partial charge in [-0.2, -0.15) is 0 Å². The van der Waals surface area contributed by atoms with Crippen molar-refractivity contribution < 1.29 is 4.79 Å². The molecule has 1 amide bonds. The lowest BCUT2D eigenvalue weighted by Gasteiger charge is -2.15. The van der Waals surface area contributed by atoms with Gasteiger partial charge < -0.3 is 10.6 Å². The van der Waals surface area contributed by atoms with Gasteiger partial charge in [-0.3, -0.25) is 4.79 Å². The fourth-order valence-electron chi connectivity index (χ4n) is 2.16. The van der Waals surface area contributed by atoms with E-state index in [0.29, 0.717) is 10.7 Å². The number of halogens is 1. The topological polar surface area (TPSA) is 54.0 Å². The Kier molecular flexibility index (Phi) is 4.85. The molecule has 2 aromatic rings. The van der Waals surface area contributed by atoms with E-state index in [0.717, 1.165) is 16.4 Å². The third-order valence-corrected chi connectivity index (χ3v) is 4.56. The molecular weight excluding hydrogens is 306 g/mol. The monoisotopic (exact) mass is 323 g/mol. The highest BCUT2D eigenvalue weighted by Crippen LogP contribution is 2.30. The van der Waals surface area contributed by atoms with Crippen LogP contribution in [-0.2, 0) is 4.79 Å². The maximum Gasteiger partial charge on any atom is 0.221 e. The lowest BCUT2D eigenvalue weighted by molar-refractivity contribution is -0.114. The Balaban J connectivity index is 2.14. The fourth-order valence-corrected chi connectivity index (χ4v) is 3.32. The third kappa shape index (κ3) is 3.95. The number of amides is 1. The molecule has 0 radical (unpaired) electrons. The molecule has 112 valence electrons. The van der Waals surface area contributed by atoms with Crippen LogP contribution >= 0.6 is 22.9 Å². The largest absolute Gasteiger partial charge is 0.378 e. The van der Waals surface area contributed by atoms with Gasteiger partial charge in [-0.1, -0.05) is 11.6 Å². The molecule has 0 saturated heterocycles. The molecule has 1 unspecified atom stereocenters. The van der Waals surface area contributed by atoms with Crippen LogP contribution in [0.2, 0.25) is 5.02 Å². The molecule has 0 aliphatic rings. The summed E-state index contributed by atoms with van der Waals surface area (Å²) < 4.78 is 0. The molecule has 1 atom stereocenters. The molecule has 0 aliphatic carbocycles. The molecule has 0 spiro atoms. The van der Waals surface area contributed by atoms with E-state index in [9.17, 15) is 4.79 Å². The molecule has 0 aliphatic heterocycles. The highest BCUT2D eigenvalue weighted by Gasteiger charge is 2.13. The first-order chi connectivity index (χ1) is 9.86. The van der Waals surface area contributed by atoms with Gasteiger partial charge in [-0.25, -0.2) is 4.98 Å². The molecule has 2 N–H and O–H groups in total. The number of hydrogen-bond acceptors (Lipinski definition) is 4. The fraction of sp³-hybridized carbons (Fsp3) is 0.333. The first-order valence-electron chi connectivity index (χ1n) is 6.64. The molecule has 2 rings (SSSR count). The second-order valence-corrected chi connectivity index (χ2v) is 6.57. The number of aryl methyl sites for hydroxylation is 2. The quantitative estimate of drug-likeness (QED) is 0.868. The summed E-state index contributed by atoms with van der Waals surface area (Å²) >= 11 is 7.87. The lowest BCUT2D eigenvalue weighted by Crippen LogP contribution is -2.08. The number of nitrogens with zero attached hydrogens (tertiary/aromatic N) is 1. The summed E-state index contributed by atoms with van der Waals surface area (Å²) in [5, 5.41) is 7.68. The van der Waals surface area contributed by atoms with E-state index < -0.39 is 0 Å². The molecule has 21 heavy (non-hydrogen) atoms. The first-order valence-corrected chi connectivity index (χ1v) is 7.84. The maximum atomic E-state index is 11.1. The van der Waals surface area contributed by atoms with Crippen molar-refractivity contribution in [1.82, 2.24) is 4.98 Å². The minimum Gasteiger partial charge on any atom is -0.378 e. The predicted octanol–water partition coefficient (Wildman–Crippen LogP) is 4.54. The van der Waals surface area contributed by atoms with Gasteiger partial charge in [0.15, 0.2) is 0 Å². The first kappa shape index (κ1) is 15.8. The summed E-state index contributed by atoms with van der Waals surface area (Å²) in [5.41, 5.74) is 2.58. The van der Waals surface area contributed by atoms with Gasteiger partial charge in [-0.15, -0.1) is 11.3 Å². The number of benzene rings is 1. The van der Waals surface area contributed by atoms with Gasteiger partial charge >= 0.3 is 0 Å².